The molecule has 2 saturated heterocycles. The highest BCUT2D eigenvalue weighted by molar-refractivity contribution is 5.81. The van der Waals surface area contributed by atoms with Crippen LogP contribution in [0.25, 0.3) is 0 Å². The molecule has 104 valence electrons. The quantitative estimate of drug-likeness (QED) is 0.781. The van der Waals surface area contributed by atoms with Gasteiger partial charge in [-0.25, -0.2) is 0 Å². The largest absolute Gasteiger partial charge is 0.394 e. The zero-order valence-electron chi connectivity index (χ0n) is 11.0. The molecule has 2 heterocycles. The molecule has 2 unspecified atom stereocenters. The molecule has 0 bridgehead atoms. The number of aliphatic hydroxyl groups is 1. The molecule has 0 aliphatic carbocycles. The molecule has 5 heteroatoms. The number of amides is 1. The van der Waals surface area contributed by atoms with Crippen LogP contribution in [0.1, 0.15) is 32.6 Å². The summed E-state index contributed by atoms with van der Waals surface area (Å²) in [5, 5.41) is 9.21. The van der Waals surface area contributed by atoms with Crippen LogP contribution in [0.5, 0.6) is 0 Å². The van der Waals surface area contributed by atoms with Crippen molar-refractivity contribution in [2.24, 2.45) is 0 Å². The molecule has 2 aliphatic heterocycles. The van der Waals surface area contributed by atoms with E-state index in [-0.39, 0.29) is 24.7 Å². The summed E-state index contributed by atoms with van der Waals surface area (Å²) in [6, 6.07) is -0.0220. The van der Waals surface area contributed by atoms with E-state index in [1.165, 1.54) is 0 Å². The van der Waals surface area contributed by atoms with Crippen molar-refractivity contribution >= 4 is 5.91 Å². The summed E-state index contributed by atoms with van der Waals surface area (Å²) >= 11 is 0. The maximum absolute atomic E-state index is 12.2. The number of nitrogens with zero attached hydrogens (tertiary/aromatic N) is 1. The van der Waals surface area contributed by atoms with Crippen LogP contribution in [-0.4, -0.2) is 60.5 Å². The lowest BCUT2D eigenvalue weighted by atomic mass is 10.2. The van der Waals surface area contributed by atoms with Gasteiger partial charge in [-0.05, 0) is 32.6 Å². The van der Waals surface area contributed by atoms with Crippen LogP contribution in [0.15, 0.2) is 0 Å². The Kier molecular flexibility index (Phi) is 4.97. The van der Waals surface area contributed by atoms with Crippen molar-refractivity contribution < 1.29 is 19.4 Å². The van der Waals surface area contributed by atoms with Crippen molar-refractivity contribution in [3.8, 4) is 0 Å². The lowest BCUT2D eigenvalue weighted by Crippen LogP contribution is -2.44. The maximum Gasteiger partial charge on any atom is 0.251 e. The van der Waals surface area contributed by atoms with Crippen LogP contribution < -0.4 is 0 Å². The molecule has 0 spiro atoms. The number of hydrogen-bond donors (Lipinski definition) is 1. The fourth-order valence-electron chi connectivity index (χ4n) is 2.65. The van der Waals surface area contributed by atoms with Crippen LogP contribution in [0.3, 0.4) is 0 Å². The van der Waals surface area contributed by atoms with E-state index in [2.05, 4.69) is 0 Å². The van der Waals surface area contributed by atoms with Gasteiger partial charge in [-0.3, -0.25) is 4.79 Å². The van der Waals surface area contributed by atoms with Gasteiger partial charge >= 0.3 is 0 Å². The molecule has 2 fully saturated rings. The van der Waals surface area contributed by atoms with E-state index in [4.69, 9.17) is 9.47 Å². The molecule has 18 heavy (non-hydrogen) atoms. The Balaban J connectivity index is 1.76. The molecule has 0 saturated carbocycles. The average molecular weight is 257 g/mol. The number of hydrogen-bond acceptors (Lipinski definition) is 4. The maximum atomic E-state index is 12.2. The van der Waals surface area contributed by atoms with Gasteiger partial charge in [0.25, 0.3) is 5.91 Å². The Bertz CT molecular complexity index is 278. The Labute approximate surface area is 108 Å². The van der Waals surface area contributed by atoms with Crippen molar-refractivity contribution in [3.05, 3.63) is 0 Å². The summed E-state index contributed by atoms with van der Waals surface area (Å²) in [6.07, 6.45) is 3.66. The van der Waals surface area contributed by atoms with E-state index >= 15 is 0 Å². The number of ether oxygens (including phenoxy) is 2. The Morgan fingerprint density at radius 2 is 2.33 bits per heavy atom. The van der Waals surface area contributed by atoms with E-state index < -0.39 is 6.10 Å². The van der Waals surface area contributed by atoms with E-state index in [1.807, 2.05) is 0 Å². The lowest BCUT2D eigenvalue weighted by Gasteiger charge is -2.26. The molecule has 3 atom stereocenters. The van der Waals surface area contributed by atoms with Crippen LogP contribution in [-0.2, 0) is 14.3 Å². The molecular formula is C13H23NO4. The van der Waals surface area contributed by atoms with E-state index in [9.17, 15) is 9.90 Å². The zero-order chi connectivity index (χ0) is 13.0. The molecule has 0 aromatic carbocycles. The number of likely N-dealkylation sites (tertiary alicyclic amines) is 1. The van der Waals surface area contributed by atoms with E-state index in [0.29, 0.717) is 6.61 Å². The number of aliphatic hydroxyl groups excluding tert-OH is 1. The second-order valence-corrected chi connectivity index (χ2v) is 5.12. The molecule has 5 nitrogen and oxygen atoms in total. The zero-order valence-corrected chi connectivity index (χ0v) is 11.0. The molecule has 2 aliphatic rings. The van der Waals surface area contributed by atoms with Crippen molar-refractivity contribution in [1.29, 1.82) is 0 Å². The van der Waals surface area contributed by atoms with Crippen LogP contribution in [0.4, 0.5) is 0 Å². The smallest absolute Gasteiger partial charge is 0.251 e. The predicted molar refractivity (Wildman–Crippen MR) is 66.2 cm³/mol. The minimum atomic E-state index is -0.443. The molecule has 0 aromatic heterocycles. The number of rotatable bonds is 5. The SMILES string of the molecule is CC(OCC1CCCO1)C(=O)N1CCC[C@@H]1CO. The third-order valence-corrected chi connectivity index (χ3v) is 3.77. The monoisotopic (exact) mass is 257 g/mol. The van der Waals surface area contributed by atoms with Gasteiger partial charge in [0.1, 0.15) is 6.10 Å². The van der Waals surface area contributed by atoms with Gasteiger partial charge < -0.3 is 19.5 Å². The van der Waals surface area contributed by atoms with E-state index in [0.717, 1.165) is 38.8 Å². The lowest BCUT2D eigenvalue weighted by molar-refractivity contribution is -0.146. The molecule has 0 radical (unpaired) electrons. The Hall–Kier alpha value is -0.650. The van der Waals surface area contributed by atoms with Gasteiger partial charge in [-0.15, -0.1) is 0 Å². The Morgan fingerprint density at radius 1 is 1.50 bits per heavy atom. The average Bonchev–Trinajstić information content (AvgIpc) is 3.05. The van der Waals surface area contributed by atoms with Gasteiger partial charge in [0.05, 0.1) is 25.4 Å². The first-order valence-electron chi connectivity index (χ1n) is 6.87. The van der Waals surface area contributed by atoms with E-state index in [1.54, 1.807) is 11.8 Å². The highest BCUT2D eigenvalue weighted by Gasteiger charge is 2.31. The molecule has 1 N–H and O–H groups in total. The molecular weight excluding hydrogens is 234 g/mol. The normalized spacial score (nSPS) is 29.8. The first-order chi connectivity index (χ1) is 8.72. The van der Waals surface area contributed by atoms with Gasteiger partial charge in [0, 0.05) is 13.2 Å². The summed E-state index contributed by atoms with van der Waals surface area (Å²) in [5.41, 5.74) is 0. The molecule has 0 aromatic rings. The first kappa shape index (κ1) is 13.8. The topological polar surface area (TPSA) is 59.0 Å². The standard InChI is InChI=1S/C13H23NO4/c1-10(18-9-12-5-3-7-17-12)13(16)14-6-2-4-11(14)8-15/h10-12,15H,2-9H2,1H3/t10?,11-,12?/m1/s1. The number of carbonyl (C=O) groups excluding carboxylic acids is 1. The van der Waals surface area contributed by atoms with Crippen molar-refractivity contribution in [1.82, 2.24) is 4.90 Å². The Morgan fingerprint density at radius 3 is 3.00 bits per heavy atom. The van der Waals surface area contributed by atoms with Gasteiger partial charge in [-0.1, -0.05) is 0 Å². The minimum Gasteiger partial charge on any atom is -0.394 e. The predicted octanol–water partition coefficient (Wildman–Crippen LogP) is 0.554. The molecule has 2 rings (SSSR count). The number of carbonyl (C=O) groups is 1. The third kappa shape index (κ3) is 3.22. The summed E-state index contributed by atoms with van der Waals surface area (Å²) < 4.78 is 11.1. The summed E-state index contributed by atoms with van der Waals surface area (Å²) in [6.45, 7) is 3.85. The fraction of sp³-hybridized carbons (Fsp3) is 0.923. The van der Waals surface area contributed by atoms with Crippen LogP contribution >= 0.6 is 0 Å². The van der Waals surface area contributed by atoms with Crippen molar-refractivity contribution in [2.45, 2.75) is 50.9 Å². The summed E-state index contributed by atoms with van der Waals surface area (Å²) in [7, 11) is 0. The first-order valence-corrected chi connectivity index (χ1v) is 6.87. The third-order valence-electron chi connectivity index (χ3n) is 3.77. The van der Waals surface area contributed by atoms with Crippen LogP contribution in [0.2, 0.25) is 0 Å². The minimum absolute atomic E-state index is 0.00968. The summed E-state index contributed by atoms with van der Waals surface area (Å²) in [4.78, 5) is 13.9. The van der Waals surface area contributed by atoms with Gasteiger partial charge in [-0.2, -0.15) is 0 Å². The van der Waals surface area contributed by atoms with Crippen LogP contribution in [0, 0.1) is 0 Å². The summed E-state index contributed by atoms with van der Waals surface area (Å²) in [5.74, 6) is -0.00968. The van der Waals surface area contributed by atoms with Crippen molar-refractivity contribution in [3.63, 3.8) is 0 Å². The van der Waals surface area contributed by atoms with Gasteiger partial charge in [0.2, 0.25) is 0 Å². The highest BCUT2D eigenvalue weighted by atomic mass is 16.5. The second-order valence-electron chi connectivity index (χ2n) is 5.12. The van der Waals surface area contributed by atoms with Gasteiger partial charge in [0.15, 0.2) is 0 Å². The second kappa shape index (κ2) is 6.50. The molecule has 1 amide bonds. The van der Waals surface area contributed by atoms with Crippen molar-refractivity contribution in [2.75, 3.05) is 26.4 Å². The fourth-order valence-corrected chi connectivity index (χ4v) is 2.65. The highest BCUT2D eigenvalue weighted by Crippen LogP contribution is 2.19.